The predicted molar refractivity (Wildman–Crippen MR) is 57.4 cm³/mol. The third kappa shape index (κ3) is 1.44. The van der Waals surface area contributed by atoms with Gasteiger partial charge in [0.1, 0.15) is 11.6 Å². The van der Waals surface area contributed by atoms with Crippen molar-refractivity contribution in [1.82, 2.24) is 9.78 Å². The molecule has 0 fully saturated rings. The zero-order chi connectivity index (χ0) is 10.8. The number of hydrogen-bond acceptors (Lipinski definition) is 3. The Morgan fingerprint density at radius 2 is 2.27 bits per heavy atom. The molecule has 0 unspecified atom stereocenters. The molecule has 0 bridgehead atoms. The van der Waals surface area contributed by atoms with Crippen molar-refractivity contribution in [3.8, 4) is 11.8 Å². The third-order valence-electron chi connectivity index (χ3n) is 2.30. The first-order valence-electron chi connectivity index (χ1n) is 4.53. The molecule has 0 aliphatic heterocycles. The van der Waals surface area contributed by atoms with Gasteiger partial charge in [0.25, 0.3) is 0 Å². The first kappa shape index (κ1) is 9.28. The highest BCUT2D eigenvalue weighted by atomic mass is 15.3. The molecule has 1 aromatic heterocycles. The Morgan fingerprint density at radius 1 is 1.47 bits per heavy atom. The zero-order valence-corrected chi connectivity index (χ0v) is 8.31. The maximum absolute atomic E-state index is 9.05. The van der Waals surface area contributed by atoms with Crippen LogP contribution in [0.1, 0.15) is 11.1 Å². The average Bonchev–Trinajstić information content (AvgIpc) is 2.75. The van der Waals surface area contributed by atoms with E-state index in [4.69, 9.17) is 11.0 Å². The summed E-state index contributed by atoms with van der Waals surface area (Å²) in [5.41, 5.74) is 8.44. The fraction of sp³-hybridized carbons (Fsp3) is 0.0909. The topological polar surface area (TPSA) is 67.6 Å². The second-order valence-electron chi connectivity index (χ2n) is 3.25. The first-order valence-corrected chi connectivity index (χ1v) is 4.53. The number of nitrogens with two attached hydrogens (primary N) is 1. The van der Waals surface area contributed by atoms with E-state index in [9.17, 15) is 0 Å². The first-order chi connectivity index (χ1) is 7.24. The molecule has 1 aromatic carbocycles. The Morgan fingerprint density at radius 3 is 2.87 bits per heavy atom. The van der Waals surface area contributed by atoms with Crippen molar-refractivity contribution in [1.29, 1.82) is 5.26 Å². The van der Waals surface area contributed by atoms with Gasteiger partial charge in [-0.3, -0.25) is 0 Å². The van der Waals surface area contributed by atoms with Crippen molar-refractivity contribution < 1.29 is 0 Å². The summed E-state index contributed by atoms with van der Waals surface area (Å²) in [7, 11) is 0. The van der Waals surface area contributed by atoms with Gasteiger partial charge in [0, 0.05) is 12.4 Å². The smallest absolute Gasteiger partial charge is 0.104 e. The van der Waals surface area contributed by atoms with Gasteiger partial charge in [-0.05, 0) is 24.6 Å². The Balaban J connectivity index is 2.69. The van der Waals surface area contributed by atoms with E-state index in [0.717, 1.165) is 5.56 Å². The summed E-state index contributed by atoms with van der Waals surface area (Å²) in [5, 5.41) is 13.1. The van der Waals surface area contributed by atoms with E-state index >= 15 is 0 Å². The number of aryl methyl sites for hydroxylation is 1. The summed E-state index contributed by atoms with van der Waals surface area (Å²) >= 11 is 0. The molecule has 4 nitrogen and oxygen atoms in total. The molecule has 0 saturated carbocycles. The number of anilines is 1. The van der Waals surface area contributed by atoms with Crippen molar-refractivity contribution in [3.05, 3.63) is 41.7 Å². The van der Waals surface area contributed by atoms with Gasteiger partial charge in [0.15, 0.2) is 0 Å². The molecular formula is C11H10N4. The molecule has 0 atom stereocenters. The molecule has 2 N–H and O–H groups in total. The van der Waals surface area contributed by atoms with E-state index in [1.807, 2.05) is 19.1 Å². The lowest BCUT2D eigenvalue weighted by Crippen LogP contribution is -2.02. The standard InChI is InChI=1S/C11H10N4/c1-8-3-4-10(9(7-12)11(8)13)15-6-2-5-14-15/h2-6H,13H2,1H3. The number of nitriles is 1. The van der Waals surface area contributed by atoms with Gasteiger partial charge in [-0.1, -0.05) is 6.07 Å². The van der Waals surface area contributed by atoms with Gasteiger partial charge >= 0.3 is 0 Å². The van der Waals surface area contributed by atoms with Crippen LogP contribution in [-0.2, 0) is 0 Å². The maximum atomic E-state index is 9.05. The predicted octanol–water partition coefficient (Wildman–Crippen LogP) is 1.63. The summed E-state index contributed by atoms with van der Waals surface area (Å²) in [6.45, 7) is 1.88. The third-order valence-corrected chi connectivity index (χ3v) is 2.30. The van der Waals surface area contributed by atoms with E-state index in [0.29, 0.717) is 16.9 Å². The Labute approximate surface area is 87.6 Å². The van der Waals surface area contributed by atoms with Crippen LogP contribution in [0.3, 0.4) is 0 Å². The fourth-order valence-electron chi connectivity index (χ4n) is 1.43. The Kier molecular flexibility index (Phi) is 2.14. The Hall–Kier alpha value is -2.28. The van der Waals surface area contributed by atoms with E-state index in [1.165, 1.54) is 0 Å². The summed E-state index contributed by atoms with van der Waals surface area (Å²) in [4.78, 5) is 0. The van der Waals surface area contributed by atoms with Crippen molar-refractivity contribution in [2.45, 2.75) is 6.92 Å². The average molecular weight is 198 g/mol. The normalized spacial score (nSPS) is 9.87. The van der Waals surface area contributed by atoms with E-state index in [1.54, 1.807) is 23.1 Å². The maximum Gasteiger partial charge on any atom is 0.104 e. The molecule has 0 amide bonds. The number of nitrogens with zero attached hydrogens (tertiary/aromatic N) is 3. The molecule has 0 aliphatic rings. The molecule has 0 spiro atoms. The van der Waals surface area contributed by atoms with Gasteiger partial charge < -0.3 is 5.73 Å². The van der Waals surface area contributed by atoms with Gasteiger partial charge in [-0.25, -0.2) is 4.68 Å². The zero-order valence-electron chi connectivity index (χ0n) is 8.31. The molecule has 4 heteroatoms. The van der Waals surface area contributed by atoms with Gasteiger partial charge in [0.2, 0.25) is 0 Å². The van der Waals surface area contributed by atoms with Gasteiger partial charge in [-0.2, -0.15) is 10.4 Å². The van der Waals surface area contributed by atoms with Crippen molar-refractivity contribution in [2.75, 3.05) is 5.73 Å². The number of aromatic nitrogens is 2. The second-order valence-corrected chi connectivity index (χ2v) is 3.25. The number of rotatable bonds is 1. The highest BCUT2D eigenvalue weighted by molar-refractivity contribution is 5.67. The second kappa shape index (κ2) is 3.46. The Bertz CT molecular complexity index is 520. The van der Waals surface area contributed by atoms with Crippen LogP contribution in [0.15, 0.2) is 30.6 Å². The monoisotopic (exact) mass is 198 g/mol. The molecule has 2 aromatic rings. The summed E-state index contributed by atoms with van der Waals surface area (Å²) in [5.74, 6) is 0. The minimum Gasteiger partial charge on any atom is -0.397 e. The van der Waals surface area contributed by atoms with Crippen molar-refractivity contribution in [3.63, 3.8) is 0 Å². The van der Waals surface area contributed by atoms with Crippen LogP contribution >= 0.6 is 0 Å². The van der Waals surface area contributed by atoms with Crippen LogP contribution in [0.4, 0.5) is 5.69 Å². The van der Waals surface area contributed by atoms with E-state index in [2.05, 4.69) is 11.2 Å². The molecule has 1 heterocycles. The molecule has 74 valence electrons. The molecule has 15 heavy (non-hydrogen) atoms. The highest BCUT2D eigenvalue weighted by Crippen LogP contribution is 2.22. The van der Waals surface area contributed by atoms with Crippen LogP contribution in [-0.4, -0.2) is 9.78 Å². The summed E-state index contributed by atoms with van der Waals surface area (Å²) in [6.07, 6.45) is 3.45. The highest BCUT2D eigenvalue weighted by Gasteiger charge is 2.09. The summed E-state index contributed by atoms with van der Waals surface area (Å²) < 4.78 is 1.63. The molecular weight excluding hydrogens is 188 g/mol. The fourth-order valence-corrected chi connectivity index (χ4v) is 1.43. The number of hydrogen-bond donors (Lipinski definition) is 1. The molecule has 2 rings (SSSR count). The van der Waals surface area contributed by atoms with Crippen molar-refractivity contribution in [2.24, 2.45) is 0 Å². The van der Waals surface area contributed by atoms with Crippen molar-refractivity contribution >= 4 is 5.69 Å². The lowest BCUT2D eigenvalue weighted by molar-refractivity contribution is 0.877. The minimum atomic E-state index is 0.471. The van der Waals surface area contributed by atoms with Gasteiger partial charge in [-0.15, -0.1) is 0 Å². The minimum absolute atomic E-state index is 0.471. The quantitative estimate of drug-likeness (QED) is 0.708. The number of nitrogen functional groups attached to an aromatic ring is 1. The summed E-state index contributed by atoms with van der Waals surface area (Å²) in [6, 6.07) is 7.64. The largest absolute Gasteiger partial charge is 0.397 e. The van der Waals surface area contributed by atoms with Crippen LogP contribution < -0.4 is 5.73 Å². The molecule has 0 saturated heterocycles. The lowest BCUT2D eigenvalue weighted by Gasteiger charge is -2.08. The lowest BCUT2D eigenvalue weighted by atomic mass is 10.1. The number of benzene rings is 1. The molecule has 0 aliphatic carbocycles. The van der Waals surface area contributed by atoms with E-state index in [-0.39, 0.29) is 0 Å². The van der Waals surface area contributed by atoms with E-state index < -0.39 is 0 Å². The SMILES string of the molecule is Cc1ccc(-n2cccn2)c(C#N)c1N. The van der Waals surface area contributed by atoms with Crippen LogP contribution in [0.2, 0.25) is 0 Å². The van der Waals surface area contributed by atoms with Crippen LogP contribution in [0, 0.1) is 18.3 Å². The van der Waals surface area contributed by atoms with Gasteiger partial charge in [0.05, 0.1) is 11.4 Å². The molecule has 0 radical (unpaired) electrons. The van der Waals surface area contributed by atoms with Crippen LogP contribution in [0.5, 0.6) is 0 Å². The van der Waals surface area contributed by atoms with Crippen LogP contribution in [0.25, 0.3) is 5.69 Å².